The number of aliphatic hydroxyl groups excluding tert-OH is 1. The molecule has 0 amide bonds. The summed E-state index contributed by atoms with van der Waals surface area (Å²) in [5.74, 6) is 0. The van der Waals surface area contributed by atoms with E-state index in [1.165, 1.54) is 0 Å². The third kappa shape index (κ3) is 3.34. The van der Waals surface area contributed by atoms with Gasteiger partial charge in [-0.15, -0.1) is 0 Å². The fraction of sp³-hybridized carbons (Fsp3) is 0.750. The predicted octanol–water partition coefficient (Wildman–Crippen LogP) is 2.41. The lowest BCUT2D eigenvalue weighted by Crippen LogP contribution is -2.28. The van der Waals surface area contributed by atoms with Gasteiger partial charge in [-0.3, -0.25) is 4.68 Å². The van der Waals surface area contributed by atoms with Crippen molar-refractivity contribution in [3.63, 3.8) is 0 Å². The van der Waals surface area contributed by atoms with Gasteiger partial charge in [-0.2, -0.15) is 5.10 Å². The molecule has 3 nitrogen and oxygen atoms in total. The van der Waals surface area contributed by atoms with Crippen LogP contribution < -0.4 is 0 Å². The van der Waals surface area contributed by atoms with Crippen molar-refractivity contribution in [3.8, 4) is 0 Å². The maximum absolute atomic E-state index is 9.94. The summed E-state index contributed by atoms with van der Waals surface area (Å²) in [4.78, 5) is 0. The highest BCUT2D eigenvalue weighted by Crippen LogP contribution is 2.21. The molecule has 3 heteroatoms. The minimum Gasteiger partial charge on any atom is -0.392 e. The largest absolute Gasteiger partial charge is 0.392 e. The van der Waals surface area contributed by atoms with Crippen molar-refractivity contribution in [1.29, 1.82) is 0 Å². The predicted molar refractivity (Wildman–Crippen MR) is 61.8 cm³/mol. The van der Waals surface area contributed by atoms with Crippen LogP contribution in [0.3, 0.4) is 0 Å². The van der Waals surface area contributed by atoms with Gasteiger partial charge in [-0.05, 0) is 25.3 Å². The van der Waals surface area contributed by atoms with Crippen LogP contribution in [0.4, 0.5) is 0 Å². The molecule has 1 atom stereocenters. The molecule has 0 saturated carbocycles. The minimum atomic E-state index is -0.340. The van der Waals surface area contributed by atoms with E-state index in [0.717, 1.165) is 5.69 Å². The van der Waals surface area contributed by atoms with E-state index in [0.29, 0.717) is 12.5 Å². The van der Waals surface area contributed by atoms with Crippen molar-refractivity contribution in [1.82, 2.24) is 9.78 Å². The Morgan fingerprint density at radius 1 is 1.40 bits per heavy atom. The third-order valence-electron chi connectivity index (χ3n) is 2.59. The van der Waals surface area contributed by atoms with Gasteiger partial charge in [0.05, 0.1) is 11.8 Å². The summed E-state index contributed by atoms with van der Waals surface area (Å²) in [6.45, 7) is 10.3. The topological polar surface area (TPSA) is 38.0 Å². The Labute approximate surface area is 92.1 Å². The lowest BCUT2D eigenvalue weighted by atomic mass is 9.86. The van der Waals surface area contributed by atoms with E-state index in [2.05, 4.69) is 18.9 Å². The van der Waals surface area contributed by atoms with Crippen molar-refractivity contribution < 1.29 is 5.11 Å². The highest BCUT2D eigenvalue weighted by molar-refractivity contribution is 5.02. The molecule has 1 N–H and O–H groups in total. The maximum atomic E-state index is 9.94. The molecule has 0 bridgehead atoms. The lowest BCUT2D eigenvalue weighted by molar-refractivity contribution is 0.0626. The molecule has 0 fully saturated rings. The van der Waals surface area contributed by atoms with Crippen molar-refractivity contribution in [2.75, 3.05) is 0 Å². The third-order valence-corrected chi connectivity index (χ3v) is 2.59. The molecule has 0 aromatic carbocycles. The first-order valence-electron chi connectivity index (χ1n) is 5.53. The summed E-state index contributed by atoms with van der Waals surface area (Å²) in [5, 5.41) is 14.4. The Morgan fingerprint density at radius 3 is 2.40 bits per heavy atom. The monoisotopic (exact) mass is 210 g/mol. The van der Waals surface area contributed by atoms with E-state index < -0.39 is 0 Å². The fourth-order valence-corrected chi connectivity index (χ4v) is 1.28. The molecule has 0 radical (unpaired) electrons. The molecular formula is C12H22N2O. The highest BCUT2D eigenvalue weighted by Gasteiger charge is 2.23. The highest BCUT2D eigenvalue weighted by atomic mass is 16.3. The smallest absolute Gasteiger partial charge is 0.0650 e. The van der Waals surface area contributed by atoms with Crippen LogP contribution in [0.25, 0.3) is 0 Å². The Bertz CT molecular complexity index is 310. The van der Waals surface area contributed by atoms with E-state index in [1.807, 2.05) is 37.7 Å². The molecule has 15 heavy (non-hydrogen) atoms. The van der Waals surface area contributed by atoms with Crippen molar-refractivity contribution in [3.05, 3.63) is 18.0 Å². The standard InChI is InChI=1S/C12H22N2O/c1-9(2)14-7-6-10(13-14)8-11(15)12(3,4)5/h6-7,9,11,15H,8H2,1-5H3. The van der Waals surface area contributed by atoms with Crippen LogP contribution in [0.2, 0.25) is 0 Å². The normalized spacial score (nSPS) is 14.6. The number of hydrogen-bond acceptors (Lipinski definition) is 2. The molecule has 1 aromatic heterocycles. The molecule has 1 heterocycles. The zero-order valence-corrected chi connectivity index (χ0v) is 10.4. The number of nitrogens with zero attached hydrogens (tertiary/aromatic N) is 2. The van der Waals surface area contributed by atoms with Gasteiger partial charge in [0.15, 0.2) is 0 Å². The Kier molecular flexibility index (Phi) is 3.55. The molecule has 1 aromatic rings. The SMILES string of the molecule is CC(C)n1ccc(CC(O)C(C)(C)C)n1. The van der Waals surface area contributed by atoms with Gasteiger partial charge in [-0.1, -0.05) is 20.8 Å². The number of aromatic nitrogens is 2. The van der Waals surface area contributed by atoms with Gasteiger partial charge in [0.25, 0.3) is 0 Å². The average Bonchev–Trinajstić information content (AvgIpc) is 2.50. The second kappa shape index (κ2) is 4.35. The van der Waals surface area contributed by atoms with Gasteiger partial charge < -0.3 is 5.11 Å². The number of rotatable bonds is 3. The first kappa shape index (κ1) is 12.2. The summed E-state index contributed by atoms with van der Waals surface area (Å²) in [6.07, 6.45) is 2.26. The second-order valence-corrected chi connectivity index (χ2v) is 5.47. The zero-order chi connectivity index (χ0) is 11.6. The summed E-state index contributed by atoms with van der Waals surface area (Å²) >= 11 is 0. The van der Waals surface area contributed by atoms with Gasteiger partial charge in [0, 0.05) is 18.7 Å². The van der Waals surface area contributed by atoms with Crippen molar-refractivity contribution in [2.24, 2.45) is 5.41 Å². The van der Waals surface area contributed by atoms with E-state index in [4.69, 9.17) is 0 Å². The Hall–Kier alpha value is -0.830. The Morgan fingerprint density at radius 2 is 2.00 bits per heavy atom. The van der Waals surface area contributed by atoms with Crippen LogP contribution in [0, 0.1) is 5.41 Å². The van der Waals surface area contributed by atoms with Crippen LogP contribution in [-0.2, 0) is 6.42 Å². The van der Waals surface area contributed by atoms with E-state index in [1.54, 1.807) is 0 Å². The summed E-state index contributed by atoms with van der Waals surface area (Å²) in [5.41, 5.74) is 0.882. The van der Waals surface area contributed by atoms with Crippen LogP contribution in [0.15, 0.2) is 12.3 Å². The molecule has 1 rings (SSSR count). The average molecular weight is 210 g/mol. The summed E-state index contributed by atoms with van der Waals surface area (Å²) < 4.78 is 1.92. The molecule has 86 valence electrons. The summed E-state index contributed by atoms with van der Waals surface area (Å²) in [7, 11) is 0. The molecule has 0 spiro atoms. The van der Waals surface area contributed by atoms with Crippen molar-refractivity contribution >= 4 is 0 Å². The number of aliphatic hydroxyl groups is 1. The van der Waals surface area contributed by atoms with Crippen LogP contribution >= 0.6 is 0 Å². The second-order valence-electron chi connectivity index (χ2n) is 5.47. The van der Waals surface area contributed by atoms with Crippen molar-refractivity contribution in [2.45, 2.75) is 53.2 Å². The summed E-state index contributed by atoms with van der Waals surface area (Å²) in [6, 6.07) is 2.36. The van der Waals surface area contributed by atoms with Crippen LogP contribution in [-0.4, -0.2) is 21.0 Å². The van der Waals surface area contributed by atoms with Crippen LogP contribution in [0.1, 0.15) is 46.4 Å². The molecule has 0 saturated heterocycles. The quantitative estimate of drug-likeness (QED) is 0.832. The minimum absolute atomic E-state index is 0.0817. The molecule has 0 aliphatic rings. The molecule has 0 aliphatic heterocycles. The molecule has 1 unspecified atom stereocenters. The zero-order valence-electron chi connectivity index (χ0n) is 10.4. The molecule has 0 aliphatic carbocycles. The maximum Gasteiger partial charge on any atom is 0.0650 e. The van der Waals surface area contributed by atoms with Crippen LogP contribution in [0.5, 0.6) is 0 Å². The van der Waals surface area contributed by atoms with Gasteiger partial charge in [0.2, 0.25) is 0 Å². The molecular weight excluding hydrogens is 188 g/mol. The Balaban J connectivity index is 2.65. The van der Waals surface area contributed by atoms with E-state index in [9.17, 15) is 5.11 Å². The van der Waals surface area contributed by atoms with Gasteiger partial charge in [-0.25, -0.2) is 0 Å². The van der Waals surface area contributed by atoms with Gasteiger partial charge >= 0.3 is 0 Å². The number of hydrogen-bond donors (Lipinski definition) is 1. The van der Waals surface area contributed by atoms with E-state index in [-0.39, 0.29) is 11.5 Å². The first-order chi connectivity index (χ1) is 6.80. The fourth-order valence-electron chi connectivity index (χ4n) is 1.28. The van der Waals surface area contributed by atoms with Gasteiger partial charge in [0.1, 0.15) is 0 Å². The first-order valence-corrected chi connectivity index (χ1v) is 5.53. The van der Waals surface area contributed by atoms with E-state index >= 15 is 0 Å². The lowest BCUT2D eigenvalue weighted by Gasteiger charge is -2.24.